The minimum absolute atomic E-state index is 0. The summed E-state index contributed by atoms with van der Waals surface area (Å²) in [6.07, 6.45) is 17.3. The van der Waals surface area contributed by atoms with Crippen molar-refractivity contribution >= 4 is 17.5 Å². The third kappa shape index (κ3) is 9.06. The Bertz CT molecular complexity index is 727. The monoisotopic (exact) mass is 510 g/mol. The van der Waals surface area contributed by atoms with Crippen LogP contribution in [0.15, 0.2) is 24.0 Å². The standard InChI is InChI=1S/C20H35N2OSi.C5H3.CH3.ClH.Ti.H2/c1-20(2,3)21-24(5,6)19-14-18(22-11-7-8-12-22)17-13-15(23-4)9-10-16(17)19;1-3-5-4-2;;;;/h9-10,13,16-19H,7-8,11-12,14H2,1-6H3;1H3;1H3;1H;;1H/q3*-1;;+4;/p-1. The zero-order valence-corrected chi connectivity index (χ0v) is 24.6. The fourth-order valence-corrected chi connectivity index (χ4v) is 9.39. The number of rotatable bonds is 4. The molecule has 4 atom stereocenters. The van der Waals surface area contributed by atoms with Crippen LogP contribution < -0.4 is 0 Å². The number of fused-ring (bicyclic) bond motifs is 1. The minimum Gasteiger partial charge on any atom is 0 e. The van der Waals surface area contributed by atoms with E-state index in [-0.39, 0.29) is 14.4 Å². The smallest absolute Gasteiger partial charge is 0 e. The Kier molecular flexibility index (Phi) is 14.5. The third-order valence-electron chi connectivity index (χ3n) is 6.25. The summed E-state index contributed by atoms with van der Waals surface area (Å²) < 4.78 is 5.56. The van der Waals surface area contributed by atoms with Crippen molar-refractivity contribution in [2.45, 2.75) is 77.2 Å². The first-order valence-corrected chi connectivity index (χ1v) is 16.2. The van der Waals surface area contributed by atoms with Crippen LogP contribution in [0.25, 0.3) is 4.98 Å². The maximum atomic E-state index is 6.18. The third-order valence-corrected chi connectivity index (χ3v) is 9.93. The van der Waals surface area contributed by atoms with Gasteiger partial charge in [-0.05, 0) is 57.3 Å². The number of nitrogens with zero attached hydrogens (tertiary/aromatic N) is 2. The van der Waals surface area contributed by atoms with Gasteiger partial charge in [0.1, 0.15) is 5.76 Å². The summed E-state index contributed by atoms with van der Waals surface area (Å²) in [4.78, 5) is 8.10. The van der Waals surface area contributed by atoms with Crippen LogP contribution in [-0.2, 0) is 24.1 Å². The van der Waals surface area contributed by atoms with Crippen molar-refractivity contribution in [2.24, 2.45) is 11.8 Å². The van der Waals surface area contributed by atoms with Gasteiger partial charge in [-0.3, -0.25) is 16.7 Å². The van der Waals surface area contributed by atoms with E-state index in [0.717, 1.165) is 11.3 Å². The van der Waals surface area contributed by atoms with E-state index >= 15 is 0 Å². The number of likely N-dealkylation sites (tertiary alicyclic amines) is 1. The van der Waals surface area contributed by atoms with Crippen molar-refractivity contribution in [2.75, 3.05) is 20.2 Å². The first kappa shape index (κ1) is 31.5. The van der Waals surface area contributed by atoms with Gasteiger partial charge in [0.25, 0.3) is 0 Å². The van der Waals surface area contributed by atoms with E-state index in [1.165, 1.54) is 51.7 Å². The molecule has 4 unspecified atom stereocenters. The number of halogens is 1. The summed E-state index contributed by atoms with van der Waals surface area (Å²) >= 11 is 1.47. The van der Waals surface area contributed by atoms with E-state index in [0.29, 0.717) is 17.9 Å². The molecular formula is C26H43ClN2OSiTi. The summed E-state index contributed by atoms with van der Waals surface area (Å²) in [5, 5.41) is 0. The Balaban J connectivity index is 0. The molecule has 1 saturated heterocycles. The van der Waals surface area contributed by atoms with Gasteiger partial charge in [-0.2, -0.15) is 0 Å². The Hall–Kier alpha value is -0.459. The second-order valence-corrected chi connectivity index (χ2v) is 14.1. The zero-order valence-electron chi connectivity index (χ0n) is 21.3. The fourth-order valence-electron chi connectivity index (χ4n) is 5.41. The molecule has 0 N–H and O–H groups in total. The van der Waals surface area contributed by atoms with Gasteiger partial charge in [0, 0.05) is 13.4 Å². The molecule has 3 rings (SSSR count). The number of ether oxygens (including phenoxy) is 1. The second-order valence-electron chi connectivity index (χ2n) is 9.88. The summed E-state index contributed by atoms with van der Waals surface area (Å²) in [6, 6.07) is 0.680. The fraction of sp³-hybridized carbons (Fsp3) is 0.654. The molecule has 0 aromatic carbocycles. The molecular weight excluding hydrogens is 468 g/mol. The van der Waals surface area contributed by atoms with Gasteiger partial charge >= 0.3 is 28.7 Å². The van der Waals surface area contributed by atoms with Crippen molar-refractivity contribution < 1.29 is 25.5 Å². The van der Waals surface area contributed by atoms with E-state index in [2.05, 4.69) is 78.1 Å². The van der Waals surface area contributed by atoms with Crippen molar-refractivity contribution in [3.05, 3.63) is 42.8 Å². The van der Waals surface area contributed by atoms with Gasteiger partial charge in [0.15, 0.2) is 0 Å². The SMILES string of the molecule is COC1=CC2C(C=C1)C([Si](C)(C)[N-]C(C)(C)C)CC2N1CCCC1.[C-]#CC#CC.[CH3-].[Cl][Ti+3].[HH]. The predicted octanol–water partition coefficient (Wildman–Crippen LogP) is 6.92. The van der Waals surface area contributed by atoms with Crippen LogP contribution in [0.2, 0.25) is 18.6 Å². The molecule has 0 amide bonds. The molecule has 0 aromatic rings. The molecule has 1 heterocycles. The predicted molar refractivity (Wildman–Crippen MR) is 140 cm³/mol. The van der Waals surface area contributed by atoms with E-state index in [9.17, 15) is 0 Å². The molecule has 1 saturated carbocycles. The molecule has 0 radical (unpaired) electrons. The van der Waals surface area contributed by atoms with E-state index in [1.54, 1.807) is 14.0 Å². The molecule has 0 spiro atoms. The number of hydrogen-bond donors (Lipinski definition) is 0. The molecule has 178 valence electrons. The number of allylic oxidation sites excluding steroid dienone is 2. The quantitative estimate of drug-likeness (QED) is 0.233. The Morgan fingerprint density at radius 1 is 1.25 bits per heavy atom. The van der Waals surface area contributed by atoms with Gasteiger partial charge in [-0.25, -0.2) is 5.92 Å². The minimum atomic E-state index is -1.66. The van der Waals surface area contributed by atoms with Crippen LogP contribution in [0.4, 0.5) is 0 Å². The summed E-state index contributed by atoms with van der Waals surface area (Å²) in [5.41, 5.74) is 0.807. The van der Waals surface area contributed by atoms with Gasteiger partial charge in [0.2, 0.25) is 0 Å². The maximum absolute atomic E-state index is 6.18. The molecule has 0 bridgehead atoms. The molecule has 2 fully saturated rings. The maximum Gasteiger partial charge on any atom is 0 e. The van der Waals surface area contributed by atoms with E-state index in [4.69, 9.17) is 16.1 Å². The Morgan fingerprint density at radius 2 is 1.84 bits per heavy atom. The molecule has 3 aliphatic rings. The first-order chi connectivity index (χ1) is 14.6. The van der Waals surface area contributed by atoms with Crippen molar-refractivity contribution in [1.29, 1.82) is 0 Å². The van der Waals surface area contributed by atoms with Crippen LogP contribution in [-0.4, -0.2) is 44.9 Å². The number of methoxy groups -OCH3 is 1. The summed E-state index contributed by atoms with van der Waals surface area (Å²) in [7, 11) is 4.77. The van der Waals surface area contributed by atoms with Gasteiger partial charge in [-0.1, -0.05) is 53.7 Å². The van der Waals surface area contributed by atoms with Crippen molar-refractivity contribution in [1.82, 2.24) is 4.90 Å². The van der Waals surface area contributed by atoms with Gasteiger partial charge < -0.3 is 23.6 Å². The van der Waals surface area contributed by atoms with Crippen LogP contribution >= 0.6 is 9.30 Å². The Morgan fingerprint density at radius 3 is 2.28 bits per heavy atom. The molecule has 32 heavy (non-hydrogen) atoms. The van der Waals surface area contributed by atoms with Crippen LogP contribution in [0.1, 0.15) is 48.4 Å². The Labute approximate surface area is 217 Å². The normalized spacial score (nSPS) is 26.5. The number of hydrogen-bond acceptors (Lipinski definition) is 2. The summed E-state index contributed by atoms with van der Waals surface area (Å²) in [5.74, 6) is 8.95. The largest absolute Gasteiger partial charge is 0 e. The van der Waals surface area contributed by atoms with Crippen molar-refractivity contribution in [3.8, 4) is 17.8 Å². The average Bonchev–Trinajstić information content (AvgIpc) is 3.36. The molecule has 6 heteroatoms. The average molecular weight is 511 g/mol. The van der Waals surface area contributed by atoms with Crippen molar-refractivity contribution in [3.63, 3.8) is 0 Å². The topological polar surface area (TPSA) is 26.6 Å². The molecule has 2 aliphatic carbocycles. The molecule has 3 nitrogen and oxygen atoms in total. The second kappa shape index (κ2) is 14.7. The summed E-state index contributed by atoms with van der Waals surface area (Å²) in [6.45, 7) is 16.0. The van der Waals surface area contributed by atoms with Crippen LogP contribution in [0.3, 0.4) is 0 Å². The van der Waals surface area contributed by atoms with E-state index in [1.807, 2.05) is 5.92 Å². The van der Waals surface area contributed by atoms with Gasteiger partial charge in [-0.15, -0.1) is 5.54 Å². The van der Waals surface area contributed by atoms with Crippen LogP contribution in [0, 0.1) is 43.4 Å². The van der Waals surface area contributed by atoms with Gasteiger partial charge in [0.05, 0.1) is 7.11 Å². The van der Waals surface area contributed by atoms with Crippen LogP contribution in [0.5, 0.6) is 0 Å². The van der Waals surface area contributed by atoms with E-state index < -0.39 is 8.24 Å². The molecule has 0 aromatic heterocycles. The molecule has 1 aliphatic heterocycles. The zero-order chi connectivity index (χ0) is 23.7. The first-order valence-electron chi connectivity index (χ1n) is 11.1.